The van der Waals surface area contributed by atoms with Crippen molar-refractivity contribution >= 4 is 16.9 Å². The lowest BCUT2D eigenvalue weighted by atomic mass is 10.1. The fourth-order valence-corrected chi connectivity index (χ4v) is 3.52. The van der Waals surface area contributed by atoms with Gasteiger partial charge in [0, 0.05) is 18.2 Å². The molecule has 1 saturated heterocycles. The van der Waals surface area contributed by atoms with Crippen molar-refractivity contribution < 1.29 is 14.3 Å². The molecule has 0 spiro atoms. The molecule has 2 heterocycles. The zero-order valence-electron chi connectivity index (χ0n) is 14.9. The molecule has 1 amide bonds. The Labute approximate surface area is 151 Å². The number of rotatable bonds is 4. The molecule has 1 aliphatic heterocycles. The SMILES string of the molecule is COc1cc(OC)cc(C(=O)N2CCCC2c2nc3ccccc3[nH]2)c1. The van der Waals surface area contributed by atoms with Crippen LogP contribution in [0.25, 0.3) is 11.0 Å². The number of amides is 1. The van der Waals surface area contributed by atoms with Crippen LogP contribution in [0.1, 0.15) is 35.1 Å². The highest BCUT2D eigenvalue weighted by Gasteiger charge is 2.33. The number of nitrogens with zero attached hydrogens (tertiary/aromatic N) is 2. The average molecular weight is 351 g/mol. The molecule has 1 unspecified atom stereocenters. The summed E-state index contributed by atoms with van der Waals surface area (Å²) in [6.45, 7) is 0.708. The highest BCUT2D eigenvalue weighted by molar-refractivity contribution is 5.95. The smallest absolute Gasteiger partial charge is 0.254 e. The quantitative estimate of drug-likeness (QED) is 0.780. The second kappa shape index (κ2) is 6.71. The minimum absolute atomic E-state index is 0.0369. The molecule has 0 saturated carbocycles. The number of aromatic nitrogens is 2. The third-order valence-electron chi connectivity index (χ3n) is 4.84. The summed E-state index contributed by atoms with van der Waals surface area (Å²) in [4.78, 5) is 23.1. The molecule has 26 heavy (non-hydrogen) atoms. The fourth-order valence-electron chi connectivity index (χ4n) is 3.52. The number of nitrogens with one attached hydrogen (secondary N) is 1. The van der Waals surface area contributed by atoms with Crippen molar-refractivity contribution in [2.24, 2.45) is 0 Å². The van der Waals surface area contributed by atoms with Gasteiger partial charge < -0.3 is 19.4 Å². The summed E-state index contributed by atoms with van der Waals surface area (Å²) in [5.74, 6) is 2.01. The maximum Gasteiger partial charge on any atom is 0.254 e. The van der Waals surface area contributed by atoms with E-state index in [0.29, 0.717) is 23.6 Å². The molecule has 0 radical (unpaired) electrons. The first-order valence-corrected chi connectivity index (χ1v) is 8.68. The molecule has 3 aromatic rings. The highest BCUT2D eigenvalue weighted by atomic mass is 16.5. The van der Waals surface area contributed by atoms with Gasteiger partial charge in [-0.2, -0.15) is 0 Å². The Morgan fingerprint density at radius 1 is 1.15 bits per heavy atom. The monoisotopic (exact) mass is 351 g/mol. The maximum absolute atomic E-state index is 13.2. The lowest BCUT2D eigenvalue weighted by Gasteiger charge is -2.23. The van der Waals surface area contributed by atoms with Crippen LogP contribution >= 0.6 is 0 Å². The summed E-state index contributed by atoms with van der Waals surface area (Å²) in [7, 11) is 3.16. The molecule has 4 rings (SSSR count). The van der Waals surface area contributed by atoms with Gasteiger partial charge in [0.2, 0.25) is 0 Å². The van der Waals surface area contributed by atoms with Gasteiger partial charge in [0.05, 0.1) is 31.3 Å². The van der Waals surface area contributed by atoms with Gasteiger partial charge >= 0.3 is 0 Å². The largest absolute Gasteiger partial charge is 0.497 e. The van der Waals surface area contributed by atoms with E-state index in [2.05, 4.69) is 9.97 Å². The minimum Gasteiger partial charge on any atom is -0.497 e. The van der Waals surface area contributed by atoms with Crippen LogP contribution in [0.5, 0.6) is 11.5 Å². The van der Waals surface area contributed by atoms with E-state index in [9.17, 15) is 4.79 Å². The molecule has 6 heteroatoms. The Morgan fingerprint density at radius 2 is 1.88 bits per heavy atom. The number of hydrogen-bond donors (Lipinski definition) is 1. The number of para-hydroxylation sites is 2. The Bertz CT molecular complexity index is 895. The number of benzene rings is 2. The third-order valence-corrected chi connectivity index (χ3v) is 4.84. The number of carbonyl (C=O) groups is 1. The van der Waals surface area contributed by atoms with Crippen molar-refractivity contribution in [2.75, 3.05) is 20.8 Å². The van der Waals surface area contributed by atoms with Crippen LogP contribution in [-0.2, 0) is 0 Å². The summed E-state index contributed by atoms with van der Waals surface area (Å²) < 4.78 is 10.6. The lowest BCUT2D eigenvalue weighted by Crippen LogP contribution is -2.31. The first-order chi connectivity index (χ1) is 12.7. The average Bonchev–Trinajstić information content (AvgIpc) is 3.33. The van der Waals surface area contributed by atoms with E-state index in [1.54, 1.807) is 32.4 Å². The van der Waals surface area contributed by atoms with E-state index in [1.165, 1.54) is 0 Å². The lowest BCUT2D eigenvalue weighted by molar-refractivity contribution is 0.0730. The fraction of sp³-hybridized carbons (Fsp3) is 0.300. The van der Waals surface area contributed by atoms with Crippen LogP contribution in [0.15, 0.2) is 42.5 Å². The van der Waals surface area contributed by atoms with Crippen molar-refractivity contribution in [1.82, 2.24) is 14.9 Å². The van der Waals surface area contributed by atoms with E-state index in [1.807, 2.05) is 29.2 Å². The molecule has 1 fully saturated rings. The van der Waals surface area contributed by atoms with Gasteiger partial charge in [-0.25, -0.2) is 4.98 Å². The highest BCUT2D eigenvalue weighted by Crippen LogP contribution is 2.34. The van der Waals surface area contributed by atoms with Gasteiger partial charge in [-0.05, 0) is 37.1 Å². The summed E-state index contributed by atoms with van der Waals surface area (Å²) in [6.07, 6.45) is 1.85. The van der Waals surface area contributed by atoms with Crippen molar-refractivity contribution in [1.29, 1.82) is 0 Å². The molecule has 0 bridgehead atoms. The van der Waals surface area contributed by atoms with E-state index in [-0.39, 0.29) is 11.9 Å². The predicted octanol–water partition coefficient (Wildman–Crippen LogP) is 3.56. The molecule has 1 aromatic heterocycles. The van der Waals surface area contributed by atoms with Gasteiger partial charge in [-0.3, -0.25) is 4.79 Å². The molecule has 0 aliphatic carbocycles. The molecule has 6 nitrogen and oxygen atoms in total. The van der Waals surface area contributed by atoms with Crippen LogP contribution in [-0.4, -0.2) is 41.5 Å². The Kier molecular flexibility index (Phi) is 4.24. The zero-order valence-corrected chi connectivity index (χ0v) is 14.9. The summed E-state index contributed by atoms with van der Waals surface area (Å²) in [5, 5.41) is 0. The van der Waals surface area contributed by atoms with Crippen LogP contribution in [0.3, 0.4) is 0 Å². The molecular formula is C20H21N3O3. The number of aromatic amines is 1. The van der Waals surface area contributed by atoms with Crippen molar-refractivity contribution in [3.8, 4) is 11.5 Å². The standard InChI is InChI=1S/C20H21N3O3/c1-25-14-10-13(11-15(12-14)26-2)20(24)23-9-5-8-18(23)19-21-16-6-3-4-7-17(16)22-19/h3-4,6-7,10-12,18H,5,8-9H2,1-2H3,(H,21,22). The van der Waals surface area contributed by atoms with Crippen LogP contribution in [0, 0.1) is 0 Å². The summed E-state index contributed by atoms with van der Waals surface area (Å²) >= 11 is 0. The topological polar surface area (TPSA) is 67.5 Å². The predicted molar refractivity (Wildman–Crippen MR) is 98.7 cm³/mol. The number of ether oxygens (including phenoxy) is 2. The molecule has 1 aliphatic rings. The van der Waals surface area contributed by atoms with Crippen LogP contribution in [0.4, 0.5) is 0 Å². The van der Waals surface area contributed by atoms with Gasteiger partial charge in [-0.1, -0.05) is 12.1 Å². The minimum atomic E-state index is -0.0490. The van der Waals surface area contributed by atoms with Gasteiger partial charge in [0.1, 0.15) is 17.3 Å². The molecular weight excluding hydrogens is 330 g/mol. The molecule has 1 atom stereocenters. The molecule has 1 N–H and O–H groups in total. The van der Waals surface area contributed by atoms with Gasteiger partial charge in [0.25, 0.3) is 5.91 Å². The second-order valence-electron chi connectivity index (χ2n) is 6.40. The maximum atomic E-state index is 13.2. The normalized spacial score (nSPS) is 16.8. The number of hydrogen-bond acceptors (Lipinski definition) is 4. The Balaban J connectivity index is 1.66. The summed E-state index contributed by atoms with van der Waals surface area (Å²) in [6, 6.07) is 13.1. The first-order valence-electron chi connectivity index (χ1n) is 8.68. The number of methoxy groups -OCH3 is 2. The van der Waals surface area contributed by atoms with Gasteiger partial charge in [0.15, 0.2) is 0 Å². The number of carbonyl (C=O) groups excluding carboxylic acids is 1. The van der Waals surface area contributed by atoms with E-state index in [0.717, 1.165) is 29.7 Å². The number of H-pyrrole nitrogens is 1. The third kappa shape index (κ3) is 2.87. The number of fused-ring (bicyclic) bond motifs is 1. The van der Waals surface area contributed by atoms with E-state index in [4.69, 9.17) is 9.47 Å². The van der Waals surface area contributed by atoms with Gasteiger partial charge in [-0.15, -0.1) is 0 Å². The second-order valence-corrected chi connectivity index (χ2v) is 6.40. The van der Waals surface area contributed by atoms with E-state index < -0.39 is 0 Å². The Hall–Kier alpha value is -3.02. The van der Waals surface area contributed by atoms with Crippen molar-refractivity contribution in [3.63, 3.8) is 0 Å². The van der Waals surface area contributed by atoms with Crippen LogP contribution in [0.2, 0.25) is 0 Å². The Morgan fingerprint density at radius 3 is 2.58 bits per heavy atom. The number of likely N-dealkylation sites (tertiary alicyclic amines) is 1. The zero-order chi connectivity index (χ0) is 18.1. The molecule has 2 aromatic carbocycles. The summed E-state index contributed by atoms with van der Waals surface area (Å²) in [5.41, 5.74) is 2.47. The van der Waals surface area contributed by atoms with Crippen LogP contribution < -0.4 is 9.47 Å². The molecule has 134 valence electrons. The van der Waals surface area contributed by atoms with Crippen molar-refractivity contribution in [2.45, 2.75) is 18.9 Å². The van der Waals surface area contributed by atoms with E-state index >= 15 is 0 Å². The first kappa shape index (κ1) is 16.4. The number of imidazole rings is 1. The van der Waals surface area contributed by atoms with Crippen molar-refractivity contribution in [3.05, 3.63) is 53.9 Å².